The van der Waals surface area contributed by atoms with Crippen LogP contribution in [-0.2, 0) is 4.57 Å². The van der Waals surface area contributed by atoms with Crippen molar-refractivity contribution in [3.8, 4) is 11.5 Å². The summed E-state index contributed by atoms with van der Waals surface area (Å²) in [5.74, 6) is 0.293. The third-order valence-corrected chi connectivity index (χ3v) is 4.48. The number of anilines is 1. The van der Waals surface area contributed by atoms with E-state index in [0.29, 0.717) is 11.1 Å². The number of phenolic OH excluding ortho intramolecular Hbond substituents is 1. The average molecular weight is 322 g/mol. The van der Waals surface area contributed by atoms with Gasteiger partial charge in [-0.25, -0.2) is 4.57 Å². The highest BCUT2D eigenvalue weighted by atomic mass is 31.2. The number of hydrogen-bond donors (Lipinski definition) is 3. The summed E-state index contributed by atoms with van der Waals surface area (Å²) in [6, 6.07) is 6.82. The quantitative estimate of drug-likeness (QED) is 0.708. The molecular weight excluding hydrogens is 303 g/mol. The lowest BCUT2D eigenvalue weighted by atomic mass is 10.1. The zero-order valence-electron chi connectivity index (χ0n) is 12.5. The number of pyridine rings is 1. The molecule has 0 amide bonds. The molecule has 0 bridgehead atoms. The summed E-state index contributed by atoms with van der Waals surface area (Å²) in [7, 11) is -3.81. The highest BCUT2D eigenvalue weighted by molar-refractivity contribution is 7.53. The fraction of sp³-hybridized carbons (Fsp3) is 0.267. The summed E-state index contributed by atoms with van der Waals surface area (Å²) < 4.78 is 17.3. The minimum absolute atomic E-state index is 0.0596. The molecule has 3 N–H and O–H groups in total. The maximum atomic E-state index is 12.1. The maximum absolute atomic E-state index is 12.1. The molecule has 0 aliphatic heterocycles. The Labute approximate surface area is 129 Å². The molecule has 0 radical (unpaired) electrons. The fourth-order valence-electron chi connectivity index (χ4n) is 1.92. The number of nitrogens with one attached hydrogen (secondary N) is 1. The highest BCUT2D eigenvalue weighted by Gasteiger charge is 2.22. The van der Waals surface area contributed by atoms with E-state index in [1.54, 1.807) is 44.4 Å². The Morgan fingerprint density at radius 3 is 2.77 bits per heavy atom. The summed E-state index contributed by atoms with van der Waals surface area (Å²) in [6.45, 7) is 3.67. The van der Waals surface area contributed by atoms with Crippen molar-refractivity contribution in [3.05, 3.63) is 47.8 Å². The van der Waals surface area contributed by atoms with Crippen LogP contribution < -0.4 is 9.84 Å². The third kappa shape index (κ3) is 4.23. The molecule has 1 unspecified atom stereocenters. The lowest BCUT2D eigenvalue weighted by molar-refractivity contribution is 0.377. The minimum Gasteiger partial charge on any atom is -0.507 e. The second kappa shape index (κ2) is 6.81. The summed E-state index contributed by atoms with van der Waals surface area (Å²) in [5.41, 5.74) is 1.91. The van der Waals surface area contributed by atoms with Crippen molar-refractivity contribution in [2.24, 2.45) is 0 Å². The van der Waals surface area contributed by atoms with Crippen molar-refractivity contribution < 1.29 is 19.1 Å². The molecule has 7 heteroatoms. The van der Waals surface area contributed by atoms with Crippen molar-refractivity contribution >= 4 is 13.3 Å². The van der Waals surface area contributed by atoms with Crippen molar-refractivity contribution in [2.75, 3.05) is 18.0 Å². The van der Waals surface area contributed by atoms with Crippen LogP contribution in [0.15, 0.2) is 36.7 Å². The van der Waals surface area contributed by atoms with Crippen LogP contribution in [0.5, 0.6) is 11.5 Å². The Morgan fingerprint density at radius 2 is 2.09 bits per heavy atom. The number of aromatic hydroxyl groups is 1. The molecular formula is C15H19N2O4P. The monoisotopic (exact) mass is 322 g/mol. The first kappa shape index (κ1) is 16.3. The first-order valence-corrected chi connectivity index (χ1v) is 8.60. The van der Waals surface area contributed by atoms with E-state index in [1.807, 2.05) is 6.07 Å². The van der Waals surface area contributed by atoms with Gasteiger partial charge in [-0.3, -0.25) is 4.98 Å². The van der Waals surface area contributed by atoms with Gasteiger partial charge in [-0.15, -0.1) is 0 Å². The Balaban J connectivity index is 1.96. The highest BCUT2D eigenvalue weighted by Crippen LogP contribution is 2.44. The molecule has 0 aliphatic rings. The van der Waals surface area contributed by atoms with Crippen molar-refractivity contribution in [3.63, 3.8) is 0 Å². The van der Waals surface area contributed by atoms with Crippen LogP contribution in [0.25, 0.3) is 0 Å². The predicted octanol–water partition coefficient (Wildman–Crippen LogP) is 3.08. The lowest BCUT2D eigenvalue weighted by Crippen LogP contribution is -2.10. The molecule has 6 nitrogen and oxygen atoms in total. The van der Waals surface area contributed by atoms with E-state index < -0.39 is 7.60 Å². The molecule has 0 spiro atoms. The molecule has 1 aromatic carbocycles. The summed E-state index contributed by atoms with van der Waals surface area (Å²) in [4.78, 5) is 13.9. The van der Waals surface area contributed by atoms with Crippen LogP contribution in [0, 0.1) is 13.8 Å². The smallest absolute Gasteiger partial charge is 0.378 e. The van der Waals surface area contributed by atoms with Crippen molar-refractivity contribution in [1.29, 1.82) is 0 Å². The lowest BCUT2D eigenvalue weighted by Gasteiger charge is -2.16. The van der Waals surface area contributed by atoms with E-state index in [0.717, 1.165) is 5.69 Å². The van der Waals surface area contributed by atoms with E-state index >= 15 is 0 Å². The number of aromatic nitrogens is 1. The Hall–Kier alpha value is -2.04. The molecule has 1 atom stereocenters. The number of hydrogen-bond acceptors (Lipinski definition) is 5. The minimum atomic E-state index is -3.81. The topological polar surface area (TPSA) is 91.7 Å². The normalized spacial score (nSPS) is 13.4. The summed E-state index contributed by atoms with van der Waals surface area (Å²) >= 11 is 0. The molecule has 1 heterocycles. The molecule has 22 heavy (non-hydrogen) atoms. The molecule has 0 saturated heterocycles. The van der Waals surface area contributed by atoms with Gasteiger partial charge in [-0.05, 0) is 37.6 Å². The van der Waals surface area contributed by atoms with Crippen LogP contribution in [0.4, 0.5) is 5.69 Å². The van der Waals surface area contributed by atoms with Gasteiger partial charge in [0.05, 0.1) is 11.8 Å². The van der Waals surface area contributed by atoms with Gasteiger partial charge in [-0.2, -0.15) is 0 Å². The first-order chi connectivity index (χ1) is 10.4. The van der Waals surface area contributed by atoms with Gasteiger partial charge in [-0.1, -0.05) is 6.07 Å². The fourth-order valence-corrected chi connectivity index (χ4v) is 2.91. The second-order valence-electron chi connectivity index (χ2n) is 4.98. The van der Waals surface area contributed by atoms with Gasteiger partial charge in [0.1, 0.15) is 11.5 Å². The molecule has 2 rings (SSSR count). The van der Waals surface area contributed by atoms with Crippen molar-refractivity contribution in [1.82, 2.24) is 4.98 Å². The van der Waals surface area contributed by atoms with E-state index in [-0.39, 0.29) is 24.2 Å². The third-order valence-electron chi connectivity index (χ3n) is 3.21. The molecule has 0 saturated carbocycles. The number of benzene rings is 1. The van der Waals surface area contributed by atoms with Gasteiger partial charge in [0.15, 0.2) is 0 Å². The van der Waals surface area contributed by atoms with E-state index in [4.69, 9.17) is 4.52 Å². The van der Waals surface area contributed by atoms with Gasteiger partial charge in [0.25, 0.3) is 0 Å². The standard InChI is InChI=1S/C15H19N2O4P/c1-11-5-6-14(12(2)15(11)18)21-22(19,20)9-8-17-13-4-3-7-16-10-13/h3-7,10,17-18H,8-9H2,1-2H3,(H,19,20). The van der Waals surface area contributed by atoms with Crippen molar-refractivity contribution in [2.45, 2.75) is 13.8 Å². The molecule has 0 fully saturated rings. The average Bonchev–Trinajstić information content (AvgIpc) is 2.49. The SMILES string of the molecule is Cc1ccc(OP(=O)(O)CCNc2cccnc2)c(C)c1O. The van der Waals surface area contributed by atoms with Crippen LogP contribution in [0.3, 0.4) is 0 Å². The first-order valence-electron chi connectivity index (χ1n) is 6.83. The summed E-state index contributed by atoms with van der Waals surface area (Å²) in [6.07, 6.45) is 3.22. The molecule has 118 valence electrons. The van der Waals surface area contributed by atoms with Crippen LogP contribution in [0.2, 0.25) is 0 Å². The predicted molar refractivity (Wildman–Crippen MR) is 85.6 cm³/mol. The number of aryl methyl sites for hydroxylation is 1. The van der Waals surface area contributed by atoms with Crippen LogP contribution in [0.1, 0.15) is 11.1 Å². The second-order valence-corrected chi connectivity index (χ2v) is 6.88. The molecule has 1 aromatic heterocycles. The summed E-state index contributed by atoms with van der Waals surface area (Å²) in [5, 5.41) is 12.8. The number of nitrogens with zero attached hydrogens (tertiary/aromatic N) is 1. The van der Waals surface area contributed by atoms with E-state index in [2.05, 4.69) is 10.3 Å². The molecule has 0 aliphatic carbocycles. The zero-order valence-corrected chi connectivity index (χ0v) is 13.4. The molecule has 2 aromatic rings. The Morgan fingerprint density at radius 1 is 1.32 bits per heavy atom. The number of phenols is 1. The maximum Gasteiger partial charge on any atom is 0.378 e. The van der Waals surface area contributed by atoms with Gasteiger partial charge in [0, 0.05) is 24.5 Å². The van der Waals surface area contributed by atoms with E-state index in [9.17, 15) is 14.6 Å². The zero-order chi connectivity index (χ0) is 16.2. The van der Waals surface area contributed by atoms with E-state index in [1.165, 1.54) is 0 Å². The Bertz CT molecular complexity index is 691. The van der Waals surface area contributed by atoms with Crippen LogP contribution >= 0.6 is 7.60 Å². The van der Waals surface area contributed by atoms with Gasteiger partial charge >= 0.3 is 7.60 Å². The van der Waals surface area contributed by atoms with Crippen LogP contribution in [-0.4, -0.2) is 27.7 Å². The Kier molecular flexibility index (Phi) is 5.06. The largest absolute Gasteiger partial charge is 0.507 e. The van der Waals surface area contributed by atoms with Gasteiger partial charge in [0.2, 0.25) is 0 Å². The van der Waals surface area contributed by atoms with Gasteiger partial charge < -0.3 is 19.8 Å². The number of rotatable bonds is 6.